The van der Waals surface area contributed by atoms with Crippen LogP contribution in [0.1, 0.15) is 19.3 Å². The first-order valence-electron chi connectivity index (χ1n) is 6.60. The van der Waals surface area contributed by atoms with Crippen LogP contribution >= 0.6 is 11.6 Å². The molecule has 7 heteroatoms. The van der Waals surface area contributed by atoms with Gasteiger partial charge in [0.05, 0.1) is 21.2 Å². The van der Waals surface area contributed by atoms with Crippen LogP contribution < -0.4 is 5.32 Å². The molecule has 2 rings (SSSR count). The first kappa shape index (κ1) is 15.8. The molecule has 1 aromatic rings. The fourth-order valence-corrected chi connectivity index (χ4v) is 4.94. The molecule has 0 bridgehead atoms. The number of hydrogen-bond donors (Lipinski definition) is 1. The highest BCUT2D eigenvalue weighted by atomic mass is 35.5. The average Bonchev–Trinajstić information content (AvgIpc) is 2.95. The quantitative estimate of drug-likeness (QED) is 0.856. The summed E-state index contributed by atoms with van der Waals surface area (Å²) in [7, 11) is -3.53. The molecular formula is C14H15ClN2O3S. The largest absolute Gasteiger partial charge is 0.343 e. The smallest absolute Gasteiger partial charge is 0.223 e. The lowest BCUT2D eigenvalue weighted by atomic mass is 10.1. The Morgan fingerprint density at radius 3 is 2.76 bits per heavy atom. The molecule has 0 aliphatic heterocycles. The zero-order chi connectivity index (χ0) is 15.5. The van der Waals surface area contributed by atoms with Gasteiger partial charge in [-0.3, -0.25) is 4.79 Å². The molecule has 1 N–H and O–H groups in total. The highest BCUT2D eigenvalue weighted by molar-refractivity contribution is 7.92. The van der Waals surface area contributed by atoms with E-state index in [4.69, 9.17) is 16.9 Å². The second kappa shape index (κ2) is 6.46. The van der Waals surface area contributed by atoms with Gasteiger partial charge in [0.1, 0.15) is 6.54 Å². The zero-order valence-electron chi connectivity index (χ0n) is 11.3. The summed E-state index contributed by atoms with van der Waals surface area (Å²) in [6.07, 6.45) is 1.20. The van der Waals surface area contributed by atoms with Gasteiger partial charge in [0.15, 0.2) is 9.84 Å². The van der Waals surface area contributed by atoms with Gasteiger partial charge in [-0.15, -0.1) is 0 Å². The van der Waals surface area contributed by atoms with E-state index in [1.54, 1.807) is 18.2 Å². The number of amides is 1. The van der Waals surface area contributed by atoms with Gasteiger partial charge in [0.2, 0.25) is 5.91 Å². The molecule has 0 aromatic heterocycles. The lowest BCUT2D eigenvalue weighted by molar-refractivity contribution is -0.124. The number of carbonyl (C=O) groups is 1. The van der Waals surface area contributed by atoms with E-state index in [1.165, 1.54) is 6.07 Å². The number of sulfone groups is 1. The Morgan fingerprint density at radius 1 is 1.38 bits per heavy atom. The van der Waals surface area contributed by atoms with Crippen molar-refractivity contribution in [1.29, 1.82) is 5.26 Å². The molecule has 112 valence electrons. The van der Waals surface area contributed by atoms with Crippen molar-refractivity contribution in [2.45, 2.75) is 29.4 Å². The van der Waals surface area contributed by atoms with Gasteiger partial charge in [0, 0.05) is 5.92 Å². The molecule has 21 heavy (non-hydrogen) atoms. The first-order chi connectivity index (χ1) is 9.96. The molecule has 0 unspecified atom stereocenters. The molecule has 2 atom stereocenters. The van der Waals surface area contributed by atoms with Crippen molar-refractivity contribution in [1.82, 2.24) is 5.32 Å². The molecule has 1 saturated carbocycles. The number of carbonyl (C=O) groups excluding carboxylic acids is 1. The molecular weight excluding hydrogens is 312 g/mol. The number of rotatable bonds is 4. The Balaban J connectivity index is 2.13. The van der Waals surface area contributed by atoms with Gasteiger partial charge in [-0.05, 0) is 31.4 Å². The summed E-state index contributed by atoms with van der Waals surface area (Å²) >= 11 is 5.96. The van der Waals surface area contributed by atoms with Crippen molar-refractivity contribution < 1.29 is 13.2 Å². The number of nitrogens with zero attached hydrogens (tertiary/aromatic N) is 1. The predicted molar refractivity (Wildman–Crippen MR) is 78.4 cm³/mol. The van der Waals surface area contributed by atoms with Crippen molar-refractivity contribution >= 4 is 27.3 Å². The Kier molecular flexibility index (Phi) is 4.86. The summed E-state index contributed by atoms with van der Waals surface area (Å²) in [5.74, 6) is -0.617. The molecule has 1 amide bonds. The molecule has 0 spiro atoms. The van der Waals surface area contributed by atoms with Crippen LogP contribution in [0.25, 0.3) is 0 Å². The molecule has 1 fully saturated rings. The van der Waals surface area contributed by atoms with E-state index in [0.29, 0.717) is 12.8 Å². The summed E-state index contributed by atoms with van der Waals surface area (Å²) in [5, 5.41) is 10.5. The van der Waals surface area contributed by atoms with E-state index in [-0.39, 0.29) is 34.7 Å². The minimum absolute atomic E-state index is 0.0583. The van der Waals surface area contributed by atoms with E-state index >= 15 is 0 Å². The third-order valence-electron chi connectivity index (χ3n) is 3.68. The molecule has 0 saturated heterocycles. The Morgan fingerprint density at radius 2 is 2.10 bits per heavy atom. The maximum Gasteiger partial charge on any atom is 0.223 e. The summed E-state index contributed by atoms with van der Waals surface area (Å²) in [6.45, 7) is -0.0583. The monoisotopic (exact) mass is 326 g/mol. The third-order valence-corrected chi connectivity index (χ3v) is 6.40. The van der Waals surface area contributed by atoms with Crippen LogP contribution in [0, 0.1) is 17.2 Å². The van der Waals surface area contributed by atoms with Crippen LogP contribution in [-0.2, 0) is 14.6 Å². The van der Waals surface area contributed by atoms with E-state index in [1.807, 2.05) is 6.07 Å². The Labute approximate surface area is 128 Å². The molecule has 5 nitrogen and oxygen atoms in total. The minimum Gasteiger partial charge on any atom is -0.343 e. The normalized spacial score (nSPS) is 21.7. The van der Waals surface area contributed by atoms with Gasteiger partial charge in [-0.1, -0.05) is 23.7 Å². The van der Waals surface area contributed by atoms with Crippen LogP contribution in [0.15, 0.2) is 29.2 Å². The predicted octanol–water partition coefficient (Wildman–Crippen LogP) is 1.92. The van der Waals surface area contributed by atoms with Gasteiger partial charge >= 0.3 is 0 Å². The van der Waals surface area contributed by atoms with E-state index in [2.05, 4.69) is 5.32 Å². The summed E-state index contributed by atoms with van der Waals surface area (Å²) in [6, 6.07) is 8.16. The second-order valence-electron chi connectivity index (χ2n) is 4.98. The number of benzene rings is 1. The Bertz CT molecular complexity index is 682. The van der Waals surface area contributed by atoms with Crippen molar-refractivity contribution in [3.8, 4) is 6.07 Å². The lowest BCUT2D eigenvalue weighted by Gasteiger charge is -2.13. The topological polar surface area (TPSA) is 87.0 Å². The van der Waals surface area contributed by atoms with Crippen LogP contribution in [0.3, 0.4) is 0 Å². The molecule has 0 heterocycles. The van der Waals surface area contributed by atoms with Gasteiger partial charge in [-0.2, -0.15) is 5.26 Å². The fourth-order valence-electron chi connectivity index (χ4n) is 2.59. The van der Waals surface area contributed by atoms with Crippen molar-refractivity contribution in [2.24, 2.45) is 5.92 Å². The lowest BCUT2D eigenvalue weighted by Crippen LogP contribution is -2.30. The van der Waals surface area contributed by atoms with Gasteiger partial charge < -0.3 is 5.32 Å². The number of nitriles is 1. The van der Waals surface area contributed by atoms with Crippen molar-refractivity contribution in [2.75, 3.05) is 6.54 Å². The highest BCUT2D eigenvalue weighted by Gasteiger charge is 2.38. The van der Waals surface area contributed by atoms with Crippen molar-refractivity contribution in [3.63, 3.8) is 0 Å². The second-order valence-corrected chi connectivity index (χ2v) is 7.59. The van der Waals surface area contributed by atoms with E-state index in [9.17, 15) is 13.2 Å². The van der Waals surface area contributed by atoms with Crippen LogP contribution in [-0.4, -0.2) is 26.1 Å². The maximum atomic E-state index is 12.6. The van der Waals surface area contributed by atoms with Crippen LogP contribution in [0.2, 0.25) is 5.02 Å². The van der Waals surface area contributed by atoms with Gasteiger partial charge in [0.25, 0.3) is 0 Å². The summed E-state index contributed by atoms with van der Waals surface area (Å²) < 4.78 is 25.1. The number of nitrogens with one attached hydrogen (secondary N) is 1. The molecule has 1 aliphatic carbocycles. The van der Waals surface area contributed by atoms with E-state index in [0.717, 1.165) is 0 Å². The summed E-state index contributed by atoms with van der Waals surface area (Å²) in [4.78, 5) is 11.9. The zero-order valence-corrected chi connectivity index (χ0v) is 12.8. The van der Waals surface area contributed by atoms with Crippen LogP contribution in [0.4, 0.5) is 0 Å². The molecule has 1 aliphatic rings. The summed E-state index contributed by atoms with van der Waals surface area (Å²) in [5.41, 5.74) is 0. The van der Waals surface area contributed by atoms with E-state index < -0.39 is 15.1 Å². The molecule has 1 aromatic carbocycles. The fraction of sp³-hybridized carbons (Fsp3) is 0.429. The standard InChI is InChI=1S/C14H15ClN2O3S/c15-12-3-1-2-4-13(12)21(19,20)11-6-5-10(9-11)14(18)17-8-7-16/h1-4,10-11H,5-6,8-9H2,(H,17,18)/t10-,11-/m0/s1. The highest BCUT2D eigenvalue weighted by Crippen LogP contribution is 2.35. The van der Waals surface area contributed by atoms with Crippen LogP contribution in [0.5, 0.6) is 0 Å². The Hall–Kier alpha value is -1.58. The maximum absolute atomic E-state index is 12.6. The first-order valence-corrected chi connectivity index (χ1v) is 8.52. The number of hydrogen-bond acceptors (Lipinski definition) is 4. The minimum atomic E-state index is -3.53. The van der Waals surface area contributed by atoms with Gasteiger partial charge in [-0.25, -0.2) is 8.42 Å². The SMILES string of the molecule is N#CCNC(=O)[C@H]1CC[C@H](S(=O)(=O)c2ccccc2Cl)C1. The van der Waals surface area contributed by atoms with Crippen molar-refractivity contribution in [3.05, 3.63) is 29.3 Å². The average molecular weight is 327 g/mol. The third kappa shape index (κ3) is 3.36. The molecule has 0 radical (unpaired) electrons. The number of halogens is 1.